The summed E-state index contributed by atoms with van der Waals surface area (Å²) in [6.07, 6.45) is 0.887. The average Bonchev–Trinajstić information content (AvgIpc) is 2.85. The van der Waals surface area contributed by atoms with Crippen molar-refractivity contribution in [2.24, 2.45) is 0 Å². The van der Waals surface area contributed by atoms with Gasteiger partial charge in [-0.15, -0.1) is 0 Å². The van der Waals surface area contributed by atoms with Crippen LogP contribution < -0.4 is 5.73 Å². The lowest BCUT2D eigenvalue weighted by molar-refractivity contribution is -0.144. The molecule has 1 aromatic heterocycles. The first-order valence-electron chi connectivity index (χ1n) is 8.11. The zero-order valence-electron chi connectivity index (χ0n) is 14.1. The van der Waals surface area contributed by atoms with Crippen LogP contribution in [0.25, 0.3) is 10.9 Å². The van der Waals surface area contributed by atoms with Gasteiger partial charge in [0.2, 0.25) is 0 Å². The highest BCUT2D eigenvalue weighted by atomic mass is 16.5. The first-order valence-corrected chi connectivity index (χ1v) is 8.11. The van der Waals surface area contributed by atoms with Crippen molar-refractivity contribution in [1.29, 1.82) is 0 Å². The lowest BCUT2D eigenvalue weighted by atomic mass is 10.1. The fourth-order valence-electron chi connectivity index (χ4n) is 3.11. The van der Waals surface area contributed by atoms with E-state index in [9.17, 15) is 4.79 Å². The molecule has 0 amide bonds. The molecular formula is C20H22N2O2. The van der Waals surface area contributed by atoms with Crippen molar-refractivity contribution in [2.75, 3.05) is 5.73 Å². The lowest BCUT2D eigenvalue weighted by Crippen LogP contribution is -2.07. The number of nitrogen functional groups attached to an aromatic ring is 1. The topological polar surface area (TPSA) is 68.1 Å². The molecule has 0 bridgehead atoms. The number of carbonyl (C=O) groups is 1. The number of fused-ring (bicyclic) bond motifs is 1. The van der Waals surface area contributed by atoms with Gasteiger partial charge in [-0.05, 0) is 31.9 Å². The van der Waals surface area contributed by atoms with Crippen molar-refractivity contribution >= 4 is 22.7 Å². The fourth-order valence-corrected chi connectivity index (χ4v) is 3.11. The van der Waals surface area contributed by atoms with Crippen molar-refractivity contribution in [2.45, 2.75) is 33.3 Å². The van der Waals surface area contributed by atoms with E-state index in [0.717, 1.165) is 22.0 Å². The normalized spacial score (nSPS) is 10.9. The molecule has 1 heterocycles. The Morgan fingerprint density at radius 3 is 2.58 bits per heavy atom. The van der Waals surface area contributed by atoms with E-state index in [1.165, 1.54) is 11.1 Å². The molecule has 0 spiro atoms. The number of nitrogens with two attached hydrogens (primary N) is 1. The molecule has 3 N–H and O–H groups in total. The van der Waals surface area contributed by atoms with Crippen LogP contribution >= 0.6 is 0 Å². The molecule has 124 valence electrons. The molecule has 0 aliphatic rings. The maximum atomic E-state index is 12.1. The predicted molar refractivity (Wildman–Crippen MR) is 96.7 cm³/mol. The number of esters is 1. The molecule has 0 atom stereocenters. The number of nitrogens with one attached hydrogen (secondary N) is 1. The number of H-pyrrole nitrogens is 1. The van der Waals surface area contributed by atoms with Gasteiger partial charge in [0.15, 0.2) is 0 Å². The molecular weight excluding hydrogens is 300 g/mol. The second-order valence-electron chi connectivity index (χ2n) is 6.22. The highest BCUT2D eigenvalue weighted by molar-refractivity contribution is 5.88. The summed E-state index contributed by atoms with van der Waals surface area (Å²) in [4.78, 5) is 15.2. The molecule has 0 saturated carbocycles. The van der Waals surface area contributed by atoms with Crippen molar-refractivity contribution in [3.63, 3.8) is 0 Å². The number of rotatable bonds is 5. The van der Waals surface area contributed by atoms with Gasteiger partial charge in [-0.1, -0.05) is 47.5 Å². The van der Waals surface area contributed by atoms with Crippen LogP contribution in [0.15, 0.2) is 42.5 Å². The Kier molecular flexibility index (Phi) is 4.56. The highest BCUT2D eigenvalue weighted by Crippen LogP contribution is 2.25. The van der Waals surface area contributed by atoms with Crippen LogP contribution in [0.1, 0.15) is 28.7 Å². The highest BCUT2D eigenvalue weighted by Gasteiger charge is 2.11. The van der Waals surface area contributed by atoms with Gasteiger partial charge in [-0.2, -0.15) is 0 Å². The van der Waals surface area contributed by atoms with Gasteiger partial charge in [0, 0.05) is 22.9 Å². The maximum absolute atomic E-state index is 12.1. The Labute approximate surface area is 141 Å². The number of anilines is 1. The molecule has 0 unspecified atom stereocenters. The molecule has 3 rings (SSSR count). The van der Waals surface area contributed by atoms with E-state index in [-0.39, 0.29) is 5.97 Å². The Hall–Kier alpha value is -2.75. The minimum absolute atomic E-state index is 0.209. The number of aryl methyl sites for hydroxylation is 3. The average molecular weight is 322 g/mol. The minimum Gasteiger partial charge on any atom is -0.461 e. The summed E-state index contributed by atoms with van der Waals surface area (Å²) in [6.45, 7) is 4.39. The van der Waals surface area contributed by atoms with Gasteiger partial charge < -0.3 is 15.5 Å². The van der Waals surface area contributed by atoms with Crippen LogP contribution in [-0.2, 0) is 22.6 Å². The molecule has 0 radical (unpaired) electrons. The number of hydrogen-bond acceptors (Lipinski definition) is 3. The van der Waals surface area contributed by atoms with Crippen molar-refractivity contribution in [3.05, 3.63) is 64.7 Å². The number of benzene rings is 2. The summed E-state index contributed by atoms with van der Waals surface area (Å²) in [6, 6.07) is 14.1. The number of hydrogen-bond donors (Lipinski definition) is 2. The Morgan fingerprint density at radius 1 is 1.12 bits per heavy atom. The largest absolute Gasteiger partial charge is 0.461 e. The van der Waals surface area contributed by atoms with Gasteiger partial charge in [0.1, 0.15) is 12.4 Å². The van der Waals surface area contributed by atoms with E-state index in [1.54, 1.807) is 0 Å². The third-order valence-electron chi connectivity index (χ3n) is 4.11. The molecule has 4 heteroatoms. The van der Waals surface area contributed by atoms with E-state index in [2.05, 4.69) is 11.1 Å². The van der Waals surface area contributed by atoms with Gasteiger partial charge in [-0.3, -0.25) is 4.79 Å². The van der Waals surface area contributed by atoms with Crippen molar-refractivity contribution in [3.8, 4) is 0 Å². The van der Waals surface area contributed by atoms with Crippen LogP contribution in [0.2, 0.25) is 0 Å². The molecule has 2 aromatic carbocycles. The number of aromatic amines is 1. The quantitative estimate of drug-likeness (QED) is 0.697. The summed E-state index contributed by atoms with van der Waals surface area (Å²) >= 11 is 0. The summed E-state index contributed by atoms with van der Waals surface area (Å²) in [5.41, 5.74) is 11.4. The smallest absolute Gasteiger partial charge is 0.306 e. The van der Waals surface area contributed by atoms with E-state index in [4.69, 9.17) is 10.5 Å². The number of ether oxygens (including phenoxy) is 1. The second kappa shape index (κ2) is 6.79. The number of carbonyl (C=O) groups excluding carboxylic acids is 1. The fraction of sp³-hybridized carbons (Fsp3) is 0.250. The molecule has 24 heavy (non-hydrogen) atoms. The first kappa shape index (κ1) is 16.1. The molecule has 0 aliphatic heterocycles. The van der Waals surface area contributed by atoms with E-state index < -0.39 is 0 Å². The summed E-state index contributed by atoms with van der Waals surface area (Å²) in [7, 11) is 0. The molecule has 0 aliphatic carbocycles. The van der Waals surface area contributed by atoms with Crippen LogP contribution in [0, 0.1) is 13.8 Å². The van der Waals surface area contributed by atoms with Gasteiger partial charge in [-0.25, -0.2) is 0 Å². The van der Waals surface area contributed by atoms with Crippen LogP contribution in [-0.4, -0.2) is 11.0 Å². The SMILES string of the molecule is Cc1cc(C)cc(COC(=O)CCc2c(N)[nH]c3ccccc23)c1. The Balaban J connectivity index is 1.60. The van der Waals surface area contributed by atoms with E-state index >= 15 is 0 Å². The number of aromatic nitrogens is 1. The molecule has 3 aromatic rings. The van der Waals surface area contributed by atoms with Crippen molar-refractivity contribution in [1.82, 2.24) is 4.98 Å². The molecule has 0 saturated heterocycles. The predicted octanol–water partition coefficient (Wildman–Crippen LogP) is 4.04. The van der Waals surface area contributed by atoms with Crippen LogP contribution in [0.4, 0.5) is 5.82 Å². The van der Waals surface area contributed by atoms with Crippen molar-refractivity contribution < 1.29 is 9.53 Å². The minimum atomic E-state index is -0.209. The Morgan fingerprint density at radius 2 is 1.83 bits per heavy atom. The summed E-state index contributed by atoms with van der Waals surface area (Å²) < 4.78 is 5.40. The van der Waals surface area contributed by atoms with Crippen LogP contribution in [0.5, 0.6) is 0 Å². The van der Waals surface area contributed by atoms with Gasteiger partial charge in [0.25, 0.3) is 0 Å². The zero-order chi connectivity index (χ0) is 17.1. The standard InChI is InChI=1S/C20H22N2O2/c1-13-9-14(2)11-15(10-13)12-24-19(23)8-7-17-16-5-3-4-6-18(16)22-20(17)21/h3-6,9-11,22H,7-8,12,21H2,1-2H3. The third kappa shape index (κ3) is 3.59. The van der Waals surface area contributed by atoms with Gasteiger partial charge >= 0.3 is 5.97 Å². The Bertz CT molecular complexity index is 860. The number of para-hydroxylation sites is 1. The molecule has 0 fully saturated rings. The monoisotopic (exact) mass is 322 g/mol. The van der Waals surface area contributed by atoms with Gasteiger partial charge in [0.05, 0.1) is 0 Å². The summed E-state index contributed by atoms with van der Waals surface area (Å²) in [5.74, 6) is 0.414. The van der Waals surface area contributed by atoms with E-state index in [0.29, 0.717) is 25.3 Å². The third-order valence-corrected chi connectivity index (χ3v) is 4.11. The molecule has 4 nitrogen and oxygen atoms in total. The van der Waals surface area contributed by atoms with E-state index in [1.807, 2.05) is 50.2 Å². The van der Waals surface area contributed by atoms with Crippen LogP contribution in [0.3, 0.4) is 0 Å². The first-order chi connectivity index (χ1) is 11.5. The second-order valence-corrected chi connectivity index (χ2v) is 6.22. The summed E-state index contributed by atoms with van der Waals surface area (Å²) in [5, 5.41) is 1.07. The maximum Gasteiger partial charge on any atom is 0.306 e. The lowest BCUT2D eigenvalue weighted by Gasteiger charge is -2.07. The zero-order valence-corrected chi connectivity index (χ0v) is 14.1.